The normalized spacial score (nSPS) is 14.7. The van der Waals surface area contributed by atoms with Gasteiger partial charge in [0.15, 0.2) is 11.5 Å². The molecule has 1 saturated heterocycles. The molecule has 3 rings (SSSR count). The highest BCUT2D eigenvalue weighted by Gasteiger charge is 2.13. The Bertz CT molecular complexity index is 872. The summed E-state index contributed by atoms with van der Waals surface area (Å²) in [6.45, 7) is 8.28. The van der Waals surface area contributed by atoms with E-state index in [0.717, 1.165) is 18.5 Å². The third-order valence-electron chi connectivity index (χ3n) is 5.18. The van der Waals surface area contributed by atoms with Gasteiger partial charge >= 0.3 is 0 Å². The Hall–Kier alpha value is -2.86. The molecule has 1 heterocycles. The molecular formula is C24H31N3O3. The van der Waals surface area contributed by atoms with Gasteiger partial charge < -0.3 is 20.1 Å². The van der Waals surface area contributed by atoms with Crippen molar-refractivity contribution in [1.82, 2.24) is 4.90 Å². The van der Waals surface area contributed by atoms with Gasteiger partial charge in [0.05, 0.1) is 13.2 Å². The summed E-state index contributed by atoms with van der Waals surface area (Å²) in [6.07, 6.45) is 3.63. The fraction of sp³-hybridized carbons (Fsp3) is 0.417. The summed E-state index contributed by atoms with van der Waals surface area (Å²) in [5, 5.41) is 0. The quantitative estimate of drug-likeness (QED) is 0.505. The van der Waals surface area contributed by atoms with Gasteiger partial charge in [0, 0.05) is 17.7 Å². The lowest BCUT2D eigenvalue weighted by Crippen LogP contribution is -2.22. The van der Waals surface area contributed by atoms with E-state index in [9.17, 15) is 4.79 Å². The average Bonchev–Trinajstić information content (AvgIpc) is 3.28. The zero-order valence-electron chi connectivity index (χ0n) is 17.9. The monoisotopic (exact) mass is 409 g/mol. The SMILES string of the molecule is CCOc1ccc(C(=O)N=C(N)c2ccc(CCN3CCCC3)cc2)cc1OCC. The van der Waals surface area contributed by atoms with E-state index >= 15 is 0 Å². The van der Waals surface area contributed by atoms with Crippen molar-refractivity contribution in [3.63, 3.8) is 0 Å². The van der Waals surface area contributed by atoms with E-state index < -0.39 is 5.91 Å². The summed E-state index contributed by atoms with van der Waals surface area (Å²) in [5.74, 6) is 0.936. The zero-order chi connectivity index (χ0) is 21.3. The first kappa shape index (κ1) is 21.8. The van der Waals surface area contributed by atoms with Crippen molar-refractivity contribution < 1.29 is 14.3 Å². The summed E-state index contributed by atoms with van der Waals surface area (Å²) < 4.78 is 11.1. The van der Waals surface area contributed by atoms with Crippen LogP contribution < -0.4 is 15.2 Å². The standard InChI is InChI=1S/C24H31N3O3/c1-3-29-21-12-11-20(17-22(21)30-4-2)24(28)26-23(25)19-9-7-18(8-10-19)13-16-27-14-5-6-15-27/h7-12,17H,3-6,13-16H2,1-2H3,(H2,25,26,28). The van der Waals surface area contributed by atoms with Crippen LogP contribution in [0.5, 0.6) is 11.5 Å². The van der Waals surface area contributed by atoms with E-state index in [1.807, 2.05) is 26.0 Å². The maximum Gasteiger partial charge on any atom is 0.279 e. The third-order valence-corrected chi connectivity index (χ3v) is 5.18. The number of carbonyl (C=O) groups excluding carboxylic acids is 1. The second kappa shape index (κ2) is 10.8. The molecule has 0 bridgehead atoms. The molecule has 0 radical (unpaired) electrons. The molecule has 160 valence electrons. The van der Waals surface area contributed by atoms with Crippen LogP contribution in [0.4, 0.5) is 0 Å². The highest BCUT2D eigenvalue weighted by atomic mass is 16.5. The van der Waals surface area contributed by atoms with Crippen molar-refractivity contribution in [2.45, 2.75) is 33.1 Å². The van der Waals surface area contributed by atoms with Crippen LogP contribution in [0.3, 0.4) is 0 Å². The molecule has 1 aliphatic heterocycles. The molecule has 6 heteroatoms. The second-order valence-corrected chi connectivity index (χ2v) is 7.33. The highest BCUT2D eigenvalue weighted by molar-refractivity contribution is 6.08. The van der Waals surface area contributed by atoms with Crippen LogP contribution in [-0.2, 0) is 6.42 Å². The van der Waals surface area contributed by atoms with Gasteiger partial charge in [0.25, 0.3) is 5.91 Å². The number of rotatable bonds is 9. The van der Waals surface area contributed by atoms with E-state index in [-0.39, 0.29) is 5.84 Å². The van der Waals surface area contributed by atoms with Crippen LogP contribution in [0.1, 0.15) is 48.2 Å². The summed E-state index contributed by atoms with van der Waals surface area (Å²) in [5.41, 5.74) is 8.51. The number of hydrogen-bond donors (Lipinski definition) is 1. The molecule has 0 atom stereocenters. The molecule has 30 heavy (non-hydrogen) atoms. The minimum Gasteiger partial charge on any atom is -0.490 e. The fourth-order valence-electron chi connectivity index (χ4n) is 3.56. The van der Waals surface area contributed by atoms with E-state index in [0.29, 0.717) is 30.3 Å². The molecule has 1 amide bonds. The number of amides is 1. The van der Waals surface area contributed by atoms with Gasteiger partial charge in [0.1, 0.15) is 5.84 Å². The first-order chi connectivity index (χ1) is 14.6. The Morgan fingerprint density at radius 1 is 0.967 bits per heavy atom. The summed E-state index contributed by atoms with van der Waals surface area (Å²) in [6, 6.07) is 13.0. The number of nitrogens with zero attached hydrogens (tertiary/aromatic N) is 2. The average molecular weight is 410 g/mol. The highest BCUT2D eigenvalue weighted by Crippen LogP contribution is 2.28. The fourth-order valence-corrected chi connectivity index (χ4v) is 3.56. The number of likely N-dealkylation sites (tertiary alicyclic amines) is 1. The van der Waals surface area contributed by atoms with Gasteiger partial charge in [-0.1, -0.05) is 24.3 Å². The maximum atomic E-state index is 12.6. The van der Waals surface area contributed by atoms with Crippen LogP contribution in [0.15, 0.2) is 47.5 Å². The Morgan fingerprint density at radius 3 is 2.27 bits per heavy atom. The minimum atomic E-state index is -0.408. The van der Waals surface area contributed by atoms with Crippen LogP contribution in [0, 0.1) is 0 Å². The van der Waals surface area contributed by atoms with Gasteiger partial charge in [-0.05, 0) is 70.0 Å². The van der Waals surface area contributed by atoms with Gasteiger partial charge in [-0.15, -0.1) is 0 Å². The maximum absolute atomic E-state index is 12.6. The molecule has 0 unspecified atom stereocenters. The lowest BCUT2D eigenvalue weighted by molar-refractivity contribution is 0.100. The number of carbonyl (C=O) groups is 1. The Morgan fingerprint density at radius 2 is 1.60 bits per heavy atom. The molecule has 6 nitrogen and oxygen atoms in total. The zero-order valence-corrected chi connectivity index (χ0v) is 17.9. The molecular weight excluding hydrogens is 378 g/mol. The summed E-state index contributed by atoms with van der Waals surface area (Å²) in [4.78, 5) is 19.2. The minimum absolute atomic E-state index is 0.206. The van der Waals surface area contributed by atoms with Crippen molar-refractivity contribution in [2.75, 3.05) is 32.8 Å². The predicted molar refractivity (Wildman–Crippen MR) is 120 cm³/mol. The van der Waals surface area contributed by atoms with Gasteiger partial charge in [-0.2, -0.15) is 4.99 Å². The molecule has 0 aromatic heterocycles. The van der Waals surface area contributed by atoms with Crippen LogP contribution in [0.25, 0.3) is 0 Å². The second-order valence-electron chi connectivity index (χ2n) is 7.33. The molecule has 0 aliphatic carbocycles. The van der Waals surface area contributed by atoms with Gasteiger partial charge in [-0.3, -0.25) is 4.79 Å². The van der Waals surface area contributed by atoms with E-state index in [2.05, 4.69) is 22.0 Å². The van der Waals surface area contributed by atoms with E-state index in [4.69, 9.17) is 15.2 Å². The third kappa shape index (κ3) is 5.83. The topological polar surface area (TPSA) is 77.1 Å². The lowest BCUT2D eigenvalue weighted by Gasteiger charge is -2.14. The largest absolute Gasteiger partial charge is 0.490 e. The summed E-state index contributed by atoms with van der Waals surface area (Å²) in [7, 11) is 0. The van der Waals surface area contributed by atoms with Gasteiger partial charge in [-0.25, -0.2) is 0 Å². The van der Waals surface area contributed by atoms with Gasteiger partial charge in [0.2, 0.25) is 0 Å². The Kier molecular flexibility index (Phi) is 7.85. The molecule has 2 N–H and O–H groups in total. The molecule has 0 saturated carbocycles. The molecule has 0 spiro atoms. The van der Waals surface area contributed by atoms with Crippen molar-refractivity contribution in [3.8, 4) is 11.5 Å². The first-order valence-electron chi connectivity index (χ1n) is 10.7. The van der Waals surface area contributed by atoms with E-state index in [1.165, 1.54) is 31.5 Å². The van der Waals surface area contributed by atoms with Crippen molar-refractivity contribution in [1.29, 1.82) is 0 Å². The van der Waals surface area contributed by atoms with Crippen LogP contribution >= 0.6 is 0 Å². The Balaban J connectivity index is 1.66. The number of amidine groups is 1. The smallest absolute Gasteiger partial charge is 0.279 e. The van der Waals surface area contributed by atoms with E-state index in [1.54, 1.807) is 18.2 Å². The van der Waals surface area contributed by atoms with Crippen LogP contribution in [-0.4, -0.2) is 49.5 Å². The molecule has 2 aromatic carbocycles. The van der Waals surface area contributed by atoms with Crippen molar-refractivity contribution >= 4 is 11.7 Å². The molecule has 2 aromatic rings. The summed E-state index contributed by atoms with van der Waals surface area (Å²) >= 11 is 0. The lowest BCUT2D eigenvalue weighted by atomic mass is 10.1. The number of nitrogens with two attached hydrogens (primary N) is 1. The van der Waals surface area contributed by atoms with Crippen LogP contribution in [0.2, 0.25) is 0 Å². The molecule has 1 aliphatic rings. The number of hydrogen-bond acceptors (Lipinski definition) is 4. The Labute approximate surface area is 178 Å². The number of benzene rings is 2. The predicted octanol–water partition coefficient (Wildman–Crippen LogP) is 3.67. The number of aliphatic imine (C=N–C) groups is 1. The molecule has 1 fully saturated rings. The van der Waals surface area contributed by atoms with Crippen molar-refractivity contribution in [3.05, 3.63) is 59.2 Å². The van der Waals surface area contributed by atoms with Crippen molar-refractivity contribution in [2.24, 2.45) is 10.7 Å². The first-order valence-corrected chi connectivity index (χ1v) is 10.7. The number of ether oxygens (including phenoxy) is 2.